The summed E-state index contributed by atoms with van der Waals surface area (Å²) in [6.45, 7) is 7.81. The van der Waals surface area contributed by atoms with Gasteiger partial charge in [0, 0.05) is 30.6 Å². The van der Waals surface area contributed by atoms with Crippen LogP contribution in [0.25, 0.3) is 17.0 Å². The van der Waals surface area contributed by atoms with Crippen molar-refractivity contribution >= 4 is 22.8 Å². The van der Waals surface area contributed by atoms with E-state index in [0.29, 0.717) is 6.04 Å². The minimum Gasteiger partial charge on any atom is -0.379 e. The van der Waals surface area contributed by atoms with Crippen molar-refractivity contribution in [1.29, 1.82) is 0 Å². The Labute approximate surface area is 149 Å². The Morgan fingerprint density at radius 2 is 1.92 bits per heavy atom. The zero-order valence-corrected chi connectivity index (χ0v) is 14.7. The van der Waals surface area contributed by atoms with Gasteiger partial charge in [-0.05, 0) is 43.4 Å². The van der Waals surface area contributed by atoms with Gasteiger partial charge in [-0.3, -0.25) is 4.90 Å². The molecule has 4 rings (SSSR count). The molecule has 2 aliphatic rings. The number of rotatable bonds is 4. The van der Waals surface area contributed by atoms with E-state index in [4.69, 9.17) is 4.74 Å². The Hall–Kier alpha value is -1.98. The molecule has 5 nitrogen and oxygen atoms in total. The van der Waals surface area contributed by atoms with Crippen molar-refractivity contribution < 1.29 is 4.74 Å². The van der Waals surface area contributed by atoms with Gasteiger partial charge in [0.2, 0.25) is 0 Å². The topological polar surface area (TPSA) is 50.3 Å². The van der Waals surface area contributed by atoms with E-state index in [1.165, 1.54) is 25.7 Å². The fraction of sp³-hybridized carbons (Fsp3) is 0.500. The van der Waals surface area contributed by atoms with Crippen molar-refractivity contribution in [2.75, 3.05) is 31.6 Å². The third-order valence-electron chi connectivity index (χ3n) is 5.49. The molecule has 1 saturated carbocycles. The molecular formula is C20H26N4O. The predicted molar refractivity (Wildman–Crippen MR) is 102 cm³/mol. The van der Waals surface area contributed by atoms with Crippen molar-refractivity contribution in [3.05, 3.63) is 36.7 Å². The molecule has 1 aromatic heterocycles. The molecule has 0 bridgehead atoms. The van der Waals surface area contributed by atoms with Gasteiger partial charge in [0.15, 0.2) is 0 Å². The Balaban J connectivity index is 1.43. The lowest BCUT2D eigenvalue weighted by Crippen LogP contribution is -2.46. The Kier molecular flexibility index (Phi) is 4.95. The largest absolute Gasteiger partial charge is 0.379 e. The van der Waals surface area contributed by atoms with Crippen LogP contribution in [0.1, 0.15) is 31.2 Å². The molecule has 1 aliphatic carbocycles. The van der Waals surface area contributed by atoms with Crippen molar-refractivity contribution in [1.82, 2.24) is 14.9 Å². The number of ether oxygens (including phenoxy) is 1. The molecule has 2 aromatic rings. The van der Waals surface area contributed by atoms with Crippen molar-refractivity contribution in [3.63, 3.8) is 0 Å². The van der Waals surface area contributed by atoms with Crippen LogP contribution in [0.4, 0.5) is 5.82 Å². The van der Waals surface area contributed by atoms with E-state index in [2.05, 4.69) is 32.8 Å². The first-order valence-corrected chi connectivity index (χ1v) is 9.29. The number of nitrogens with zero attached hydrogens (tertiary/aromatic N) is 3. The van der Waals surface area contributed by atoms with Gasteiger partial charge in [0.25, 0.3) is 0 Å². The molecule has 2 heterocycles. The van der Waals surface area contributed by atoms with E-state index >= 15 is 0 Å². The summed E-state index contributed by atoms with van der Waals surface area (Å²) in [5.41, 5.74) is 2.08. The lowest BCUT2D eigenvalue weighted by atomic mass is 9.90. The summed E-state index contributed by atoms with van der Waals surface area (Å²) in [5, 5.41) is 4.75. The summed E-state index contributed by atoms with van der Waals surface area (Å²) >= 11 is 0. The minimum absolute atomic E-state index is 0.489. The van der Waals surface area contributed by atoms with Crippen molar-refractivity contribution in [3.8, 4) is 0 Å². The third kappa shape index (κ3) is 3.67. The van der Waals surface area contributed by atoms with Gasteiger partial charge in [0.05, 0.1) is 18.7 Å². The second-order valence-electron chi connectivity index (χ2n) is 7.00. The van der Waals surface area contributed by atoms with Crippen LogP contribution in [0, 0.1) is 0 Å². The average Bonchev–Trinajstić information content (AvgIpc) is 2.69. The van der Waals surface area contributed by atoms with Crippen LogP contribution in [0.2, 0.25) is 0 Å². The van der Waals surface area contributed by atoms with Crippen LogP contribution >= 0.6 is 0 Å². The van der Waals surface area contributed by atoms with E-state index in [0.717, 1.165) is 54.6 Å². The van der Waals surface area contributed by atoms with E-state index in [1.54, 1.807) is 6.33 Å². The maximum Gasteiger partial charge on any atom is 0.137 e. The second-order valence-corrected chi connectivity index (χ2v) is 7.00. The predicted octanol–water partition coefficient (Wildman–Crippen LogP) is 3.33. The van der Waals surface area contributed by atoms with Crippen LogP contribution in [-0.2, 0) is 4.74 Å². The highest BCUT2D eigenvalue weighted by Crippen LogP contribution is 2.28. The molecule has 1 aromatic carbocycles. The Bertz CT molecular complexity index is 734. The Morgan fingerprint density at radius 1 is 1.12 bits per heavy atom. The standard InChI is InChI=1S/C20H26N4O/c1-2-15-3-8-19-18(13-15)20(22-14-21-19)23-16-4-6-17(7-5-16)24-9-11-25-12-10-24/h2-3,8,13-14,16-17H,1,4-7,9-12H2,(H,21,22,23)/t16-,17-. The number of nitrogens with one attached hydrogen (secondary N) is 1. The number of benzene rings is 1. The van der Waals surface area contributed by atoms with E-state index < -0.39 is 0 Å². The maximum absolute atomic E-state index is 5.48. The molecule has 0 atom stereocenters. The monoisotopic (exact) mass is 338 g/mol. The number of fused-ring (bicyclic) bond motifs is 1. The maximum atomic E-state index is 5.48. The first-order valence-electron chi connectivity index (χ1n) is 9.29. The molecule has 1 saturated heterocycles. The molecule has 5 heteroatoms. The van der Waals surface area contributed by atoms with Gasteiger partial charge in [-0.15, -0.1) is 0 Å². The summed E-state index contributed by atoms with van der Waals surface area (Å²) in [6, 6.07) is 7.40. The molecule has 0 amide bonds. The molecule has 0 unspecified atom stereocenters. The van der Waals surface area contributed by atoms with Gasteiger partial charge in [0.1, 0.15) is 12.1 Å². The molecule has 1 N–H and O–H groups in total. The molecule has 1 aliphatic heterocycles. The summed E-state index contributed by atoms with van der Waals surface area (Å²) in [7, 11) is 0. The third-order valence-corrected chi connectivity index (χ3v) is 5.49. The summed E-state index contributed by atoms with van der Waals surface area (Å²) in [6.07, 6.45) is 8.39. The van der Waals surface area contributed by atoms with E-state index in [-0.39, 0.29) is 0 Å². The lowest BCUT2D eigenvalue weighted by molar-refractivity contribution is 0.00791. The van der Waals surface area contributed by atoms with Crippen LogP contribution in [0.3, 0.4) is 0 Å². The normalized spacial score (nSPS) is 25.0. The molecular weight excluding hydrogens is 312 g/mol. The number of hydrogen-bond acceptors (Lipinski definition) is 5. The van der Waals surface area contributed by atoms with Crippen LogP contribution in [0.15, 0.2) is 31.1 Å². The summed E-state index contributed by atoms with van der Waals surface area (Å²) in [5.74, 6) is 0.948. The van der Waals surface area contributed by atoms with Gasteiger partial charge >= 0.3 is 0 Å². The highest BCUT2D eigenvalue weighted by atomic mass is 16.5. The highest BCUT2D eigenvalue weighted by Gasteiger charge is 2.27. The van der Waals surface area contributed by atoms with Gasteiger partial charge in [-0.25, -0.2) is 9.97 Å². The van der Waals surface area contributed by atoms with Crippen LogP contribution in [0.5, 0.6) is 0 Å². The molecule has 132 valence electrons. The number of hydrogen-bond donors (Lipinski definition) is 1. The van der Waals surface area contributed by atoms with Crippen LogP contribution in [-0.4, -0.2) is 53.3 Å². The molecule has 25 heavy (non-hydrogen) atoms. The second kappa shape index (κ2) is 7.50. The van der Waals surface area contributed by atoms with Gasteiger partial charge in [-0.2, -0.15) is 0 Å². The van der Waals surface area contributed by atoms with Crippen molar-refractivity contribution in [2.24, 2.45) is 0 Å². The van der Waals surface area contributed by atoms with Crippen LogP contribution < -0.4 is 5.32 Å². The minimum atomic E-state index is 0.489. The smallest absolute Gasteiger partial charge is 0.137 e. The van der Waals surface area contributed by atoms with E-state index in [9.17, 15) is 0 Å². The first kappa shape index (κ1) is 16.5. The molecule has 0 spiro atoms. The molecule has 2 fully saturated rings. The van der Waals surface area contributed by atoms with Gasteiger partial charge in [-0.1, -0.05) is 18.7 Å². The number of anilines is 1. The number of morpholine rings is 1. The molecule has 0 radical (unpaired) electrons. The zero-order chi connectivity index (χ0) is 17.1. The first-order chi connectivity index (χ1) is 12.3. The fourth-order valence-electron chi connectivity index (χ4n) is 4.04. The SMILES string of the molecule is C=Cc1ccc2ncnc(N[C@H]3CC[C@H](N4CCOCC4)CC3)c2c1. The fourth-order valence-corrected chi connectivity index (χ4v) is 4.04. The zero-order valence-electron chi connectivity index (χ0n) is 14.7. The summed E-state index contributed by atoms with van der Waals surface area (Å²) < 4.78 is 5.48. The number of aromatic nitrogens is 2. The quantitative estimate of drug-likeness (QED) is 0.927. The highest BCUT2D eigenvalue weighted by molar-refractivity contribution is 5.90. The van der Waals surface area contributed by atoms with Crippen molar-refractivity contribution in [2.45, 2.75) is 37.8 Å². The van der Waals surface area contributed by atoms with Gasteiger partial charge < -0.3 is 10.1 Å². The van der Waals surface area contributed by atoms with E-state index in [1.807, 2.05) is 18.2 Å². The average molecular weight is 338 g/mol. The Morgan fingerprint density at radius 3 is 2.68 bits per heavy atom. The summed E-state index contributed by atoms with van der Waals surface area (Å²) in [4.78, 5) is 11.5. The lowest BCUT2D eigenvalue weighted by Gasteiger charge is -2.39.